The van der Waals surface area contributed by atoms with E-state index in [9.17, 15) is 13.2 Å². The Bertz CT molecular complexity index is 1400. The largest absolute Gasteiger partial charge is 0.468 e. The number of esters is 1. The van der Waals surface area contributed by atoms with E-state index in [2.05, 4.69) is 45.8 Å². The minimum absolute atomic E-state index is 0.00452. The van der Waals surface area contributed by atoms with Crippen molar-refractivity contribution in [3.63, 3.8) is 0 Å². The summed E-state index contributed by atoms with van der Waals surface area (Å²) in [6.07, 6.45) is 3.01. The molecule has 0 spiro atoms. The third-order valence-corrected chi connectivity index (χ3v) is 7.84. The molecular formula is C30H32N2O4S. The number of carbonyl (C=O) groups is 1. The molecule has 0 aliphatic heterocycles. The number of carbonyl (C=O) groups excluding carboxylic acids is 1. The Morgan fingerprint density at radius 2 is 1.30 bits per heavy atom. The van der Waals surface area contributed by atoms with Gasteiger partial charge in [-0.2, -0.15) is 5.10 Å². The fourth-order valence-corrected chi connectivity index (χ4v) is 5.70. The van der Waals surface area contributed by atoms with E-state index in [-0.39, 0.29) is 5.75 Å². The molecule has 3 aromatic carbocycles. The molecule has 37 heavy (non-hydrogen) atoms. The van der Waals surface area contributed by atoms with Crippen molar-refractivity contribution in [3.05, 3.63) is 91.0 Å². The van der Waals surface area contributed by atoms with Crippen molar-refractivity contribution in [2.24, 2.45) is 0 Å². The summed E-state index contributed by atoms with van der Waals surface area (Å²) in [5.41, 5.74) is 6.40. The molecule has 4 rings (SSSR count). The van der Waals surface area contributed by atoms with Crippen molar-refractivity contribution < 1.29 is 17.9 Å². The van der Waals surface area contributed by atoms with E-state index in [1.165, 1.54) is 7.11 Å². The van der Waals surface area contributed by atoms with Crippen LogP contribution in [0.3, 0.4) is 0 Å². The number of sulfone groups is 1. The Labute approximate surface area is 218 Å². The Hall–Kier alpha value is -3.71. The van der Waals surface area contributed by atoms with Gasteiger partial charge in [0.2, 0.25) is 0 Å². The maximum absolute atomic E-state index is 12.1. The number of methoxy groups -OCH3 is 1. The zero-order valence-electron chi connectivity index (χ0n) is 21.0. The van der Waals surface area contributed by atoms with Gasteiger partial charge in [0.05, 0.1) is 18.6 Å². The fraction of sp³-hybridized carbons (Fsp3) is 0.267. The first kappa shape index (κ1) is 26.4. The van der Waals surface area contributed by atoms with E-state index < -0.39 is 21.6 Å². The van der Waals surface area contributed by atoms with Gasteiger partial charge in [-0.05, 0) is 18.4 Å². The molecule has 6 nitrogen and oxygen atoms in total. The van der Waals surface area contributed by atoms with Crippen LogP contribution in [0.15, 0.2) is 91.0 Å². The lowest BCUT2D eigenvalue weighted by Crippen LogP contribution is -2.19. The van der Waals surface area contributed by atoms with Crippen LogP contribution in [-0.2, 0) is 25.9 Å². The molecular weight excluding hydrogens is 484 g/mol. The number of ether oxygens (including phenoxy) is 1. The van der Waals surface area contributed by atoms with Gasteiger partial charge in [-0.3, -0.25) is 9.48 Å². The maximum Gasteiger partial charge on any atom is 0.320 e. The molecule has 0 aliphatic rings. The Balaban J connectivity index is 1.56. The van der Waals surface area contributed by atoms with Crippen LogP contribution >= 0.6 is 0 Å². The molecule has 0 bridgehead atoms. The molecule has 0 radical (unpaired) electrons. The molecule has 0 N–H and O–H groups in total. The van der Waals surface area contributed by atoms with Crippen LogP contribution in [0.4, 0.5) is 0 Å². The van der Waals surface area contributed by atoms with Crippen molar-refractivity contribution in [1.29, 1.82) is 0 Å². The Morgan fingerprint density at radius 3 is 1.89 bits per heavy atom. The normalized spacial score (nSPS) is 11.4. The smallest absolute Gasteiger partial charge is 0.320 e. The van der Waals surface area contributed by atoms with Gasteiger partial charge in [0.15, 0.2) is 9.84 Å². The topological polar surface area (TPSA) is 78.3 Å². The van der Waals surface area contributed by atoms with Crippen LogP contribution in [-0.4, -0.2) is 42.8 Å². The highest BCUT2D eigenvalue weighted by atomic mass is 32.2. The van der Waals surface area contributed by atoms with E-state index >= 15 is 0 Å². The summed E-state index contributed by atoms with van der Waals surface area (Å²) >= 11 is 0. The molecule has 1 heterocycles. The van der Waals surface area contributed by atoms with Gasteiger partial charge in [0.1, 0.15) is 11.4 Å². The van der Waals surface area contributed by atoms with E-state index in [0.717, 1.165) is 52.9 Å². The highest BCUT2D eigenvalue weighted by Gasteiger charge is 2.22. The lowest BCUT2D eigenvalue weighted by atomic mass is 9.96. The monoisotopic (exact) mass is 516 g/mol. The summed E-state index contributed by atoms with van der Waals surface area (Å²) in [5, 5.41) is 5.10. The van der Waals surface area contributed by atoms with E-state index in [1.807, 2.05) is 54.6 Å². The summed E-state index contributed by atoms with van der Waals surface area (Å²) in [6.45, 7) is 0.714. The summed E-state index contributed by atoms with van der Waals surface area (Å²) in [4.78, 5) is 11.3. The number of hydrogen-bond acceptors (Lipinski definition) is 5. The quantitative estimate of drug-likeness (QED) is 0.170. The van der Waals surface area contributed by atoms with Crippen molar-refractivity contribution in [1.82, 2.24) is 9.78 Å². The molecule has 192 valence electrons. The average molecular weight is 517 g/mol. The number of unbranched alkanes of at least 4 members (excludes halogenated alkanes) is 3. The summed E-state index contributed by atoms with van der Waals surface area (Å²) in [5.74, 6) is -1.27. The van der Waals surface area contributed by atoms with Crippen LogP contribution in [0.2, 0.25) is 0 Å². The Morgan fingerprint density at radius 1 is 0.757 bits per heavy atom. The van der Waals surface area contributed by atoms with Gasteiger partial charge in [-0.1, -0.05) is 104 Å². The van der Waals surface area contributed by atoms with Crippen molar-refractivity contribution in [2.45, 2.75) is 32.2 Å². The number of aromatic nitrogens is 2. The molecule has 0 saturated carbocycles. The standard InChI is InChI=1S/C30H32N2O4S/c1-36-27(33)23-37(34,35)22-14-3-2-13-21-32-30(26-19-11-6-12-20-26)28(24-15-7-4-8-16-24)29(31-32)25-17-9-5-10-18-25/h4-12,15-20H,2-3,13-14,21-23H2,1H3. The fourth-order valence-electron chi connectivity index (χ4n) is 4.44. The number of benzene rings is 3. The van der Waals surface area contributed by atoms with Gasteiger partial charge < -0.3 is 4.74 Å². The summed E-state index contributed by atoms with van der Waals surface area (Å²) in [6, 6.07) is 30.9. The lowest BCUT2D eigenvalue weighted by Gasteiger charge is -2.11. The zero-order valence-corrected chi connectivity index (χ0v) is 21.9. The second kappa shape index (κ2) is 12.5. The van der Waals surface area contributed by atoms with Crippen LogP contribution in [0, 0.1) is 0 Å². The minimum atomic E-state index is -3.43. The summed E-state index contributed by atoms with van der Waals surface area (Å²) in [7, 11) is -2.23. The van der Waals surface area contributed by atoms with Gasteiger partial charge in [0, 0.05) is 23.2 Å². The highest BCUT2D eigenvalue weighted by Crippen LogP contribution is 2.40. The van der Waals surface area contributed by atoms with Gasteiger partial charge in [-0.15, -0.1) is 0 Å². The number of hydrogen-bond donors (Lipinski definition) is 0. The molecule has 0 atom stereocenters. The molecule has 0 aliphatic carbocycles. The van der Waals surface area contributed by atoms with Crippen LogP contribution in [0.5, 0.6) is 0 Å². The van der Waals surface area contributed by atoms with Crippen LogP contribution < -0.4 is 0 Å². The van der Waals surface area contributed by atoms with Gasteiger partial charge in [0.25, 0.3) is 0 Å². The first-order valence-corrected chi connectivity index (χ1v) is 14.3. The predicted octanol–water partition coefficient (Wildman–Crippen LogP) is 6.03. The lowest BCUT2D eigenvalue weighted by molar-refractivity contribution is -0.137. The third-order valence-electron chi connectivity index (χ3n) is 6.25. The van der Waals surface area contributed by atoms with Crippen molar-refractivity contribution in [3.8, 4) is 33.6 Å². The molecule has 0 amide bonds. The Kier molecular flexibility index (Phi) is 8.90. The van der Waals surface area contributed by atoms with E-state index in [4.69, 9.17) is 5.10 Å². The van der Waals surface area contributed by atoms with E-state index in [0.29, 0.717) is 13.0 Å². The third kappa shape index (κ3) is 6.95. The molecule has 0 unspecified atom stereocenters. The highest BCUT2D eigenvalue weighted by molar-refractivity contribution is 7.92. The number of aryl methyl sites for hydroxylation is 1. The molecule has 7 heteroatoms. The SMILES string of the molecule is COC(=O)CS(=O)(=O)CCCCCCn1nc(-c2ccccc2)c(-c2ccccc2)c1-c1ccccc1. The first-order chi connectivity index (χ1) is 18.0. The summed E-state index contributed by atoms with van der Waals surface area (Å²) < 4.78 is 30.7. The number of rotatable bonds is 12. The number of nitrogens with zero attached hydrogens (tertiary/aromatic N) is 2. The van der Waals surface area contributed by atoms with Crippen LogP contribution in [0.25, 0.3) is 33.6 Å². The van der Waals surface area contributed by atoms with Gasteiger partial charge in [-0.25, -0.2) is 8.42 Å². The average Bonchev–Trinajstić information content (AvgIpc) is 3.31. The van der Waals surface area contributed by atoms with Gasteiger partial charge >= 0.3 is 5.97 Å². The zero-order chi connectivity index (χ0) is 26.1. The van der Waals surface area contributed by atoms with Crippen molar-refractivity contribution >= 4 is 15.8 Å². The predicted molar refractivity (Wildman–Crippen MR) is 148 cm³/mol. The van der Waals surface area contributed by atoms with E-state index in [1.54, 1.807) is 0 Å². The maximum atomic E-state index is 12.1. The van der Waals surface area contributed by atoms with Crippen LogP contribution in [0.1, 0.15) is 25.7 Å². The second-order valence-electron chi connectivity index (χ2n) is 8.98. The van der Waals surface area contributed by atoms with Crippen molar-refractivity contribution in [2.75, 3.05) is 18.6 Å². The molecule has 1 aromatic heterocycles. The molecule has 0 saturated heterocycles. The first-order valence-electron chi connectivity index (χ1n) is 12.5. The second-order valence-corrected chi connectivity index (χ2v) is 11.2. The minimum Gasteiger partial charge on any atom is -0.468 e. The molecule has 4 aromatic rings. The molecule has 0 fully saturated rings.